The Labute approximate surface area is 184 Å². The van der Waals surface area contributed by atoms with Crippen LogP contribution in [0, 0.1) is 5.92 Å². The van der Waals surface area contributed by atoms with Gasteiger partial charge < -0.3 is 9.84 Å². The molecule has 5 nitrogen and oxygen atoms in total. The lowest BCUT2D eigenvalue weighted by atomic mass is 9.94. The van der Waals surface area contributed by atoms with Crippen molar-refractivity contribution in [3.8, 4) is 0 Å². The van der Waals surface area contributed by atoms with E-state index >= 15 is 0 Å². The first-order chi connectivity index (χ1) is 15.3. The van der Waals surface area contributed by atoms with E-state index in [0.717, 1.165) is 56.5 Å². The highest BCUT2D eigenvalue weighted by Gasteiger charge is 2.38. The highest BCUT2D eigenvalue weighted by molar-refractivity contribution is 5.68. The number of rotatable bonds is 5. The van der Waals surface area contributed by atoms with Gasteiger partial charge >= 0.3 is 0 Å². The SMILES string of the molecule is OC(CCc1ccccc1)N1CC2CC[C@H]3CC(=C(c4ccccc4)N=N3)COC2C1. The summed E-state index contributed by atoms with van der Waals surface area (Å²) in [5.41, 5.74) is 4.63. The average Bonchev–Trinajstić information content (AvgIpc) is 3.25. The fraction of sp³-hybridized carbons (Fsp3) is 0.462. The summed E-state index contributed by atoms with van der Waals surface area (Å²) >= 11 is 0. The van der Waals surface area contributed by atoms with E-state index in [-0.39, 0.29) is 12.1 Å². The summed E-state index contributed by atoms with van der Waals surface area (Å²) < 4.78 is 6.46. The Morgan fingerprint density at radius 2 is 1.77 bits per heavy atom. The van der Waals surface area contributed by atoms with Crippen molar-refractivity contribution in [2.75, 3.05) is 19.7 Å². The standard InChI is InChI=1S/C26H31N3O2/c30-25(14-11-19-7-3-1-4-8-19)29-16-21-12-13-23-15-22(18-31-24(21)17-29)26(28-27-23)20-9-5-2-6-10-20/h1-10,21,23-25,30H,11-18H2/t21?,23-,24?,25?/m0/s1. The van der Waals surface area contributed by atoms with Crippen molar-refractivity contribution in [2.24, 2.45) is 16.1 Å². The molecule has 3 aliphatic heterocycles. The number of hydrogen-bond acceptors (Lipinski definition) is 5. The second kappa shape index (κ2) is 9.43. The van der Waals surface area contributed by atoms with Crippen LogP contribution in [-0.4, -0.2) is 48.1 Å². The zero-order chi connectivity index (χ0) is 21.0. The van der Waals surface area contributed by atoms with Gasteiger partial charge in [-0.25, -0.2) is 0 Å². The summed E-state index contributed by atoms with van der Waals surface area (Å²) in [4.78, 5) is 2.21. The van der Waals surface area contributed by atoms with Gasteiger partial charge in [-0.2, -0.15) is 10.2 Å². The number of fused-ring (bicyclic) bond motifs is 3. The second-order valence-electron chi connectivity index (χ2n) is 9.04. The number of benzene rings is 2. The van der Waals surface area contributed by atoms with Crippen molar-refractivity contribution in [2.45, 2.75) is 50.5 Å². The highest BCUT2D eigenvalue weighted by atomic mass is 16.5. The molecule has 1 N–H and O–H groups in total. The normalized spacial score (nSPS) is 27.3. The Morgan fingerprint density at radius 1 is 1.00 bits per heavy atom. The fourth-order valence-corrected chi connectivity index (χ4v) is 5.10. The van der Waals surface area contributed by atoms with Crippen molar-refractivity contribution in [3.63, 3.8) is 0 Å². The molecule has 0 saturated carbocycles. The Morgan fingerprint density at radius 3 is 2.58 bits per heavy atom. The fourth-order valence-electron chi connectivity index (χ4n) is 5.10. The molecule has 5 rings (SSSR count). The quantitative estimate of drug-likeness (QED) is 0.768. The van der Waals surface area contributed by atoms with E-state index in [0.29, 0.717) is 12.5 Å². The van der Waals surface area contributed by atoms with Crippen LogP contribution in [0.2, 0.25) is 0 Å². The molecule has 2 aromatic rings. The van der Waals surface area contributed by atoms with E-state index in [2.05, 4.69) is 51.5 Å². The van der Waals surface area contributed by atoms with Crippen LogP contribution in [0.1, 0.15) is 36.8 Å². The van der Waals surface area contributed by atoms with Gasteiger partial charge in [0.25, 0.3) is 0 Å². The molecule has 0 amide bonds. The maximum absolute atomic E-state index is 10.8. The molecular formula is C26H31N3O2. The van der Waals surface area contributed by atoms with Crippen LogP contribution in [0.4, 0.5) is 0 Å². The number of nitrogens with zero attached hydrogens (tertiary/aromatic N) is 3. The molecule has 0 radical (unpaired) electrons. The minimum Gasteiger partial charge on any atom is -0.378 e. The first-order valence-electron chi connectivity index (χ1n) is 11.5. The largest absolute Gasteiger partial charge is 0.378 e. The van der Waals surface area contributed by atoms with Gasteiger partial charge in [0.05, 0.1) is 24.4 Å². The molecule has 2 bridgehead atoms. The number of likely N-dealkylation sites (tertiary alicyclic amines) is 1. The van der Waals surface area contributed by atoms with Gasteiger partial charge in [-0.1, -0.05) is 60.7 Å². The van der Waals surface area contributed by atoms with Crippen LogP contribution in [0.25, 0.3) is 5.70 Å². The first kappa shape index (κ1) is 20.6. The summed E-state index contributed by atoms with van der Waals surface area (Å²) in [6.07, 6.45) is 4.44. The molecule has 5 heteroatoms. The molecule has 31 heavy (non-hydrogen) atoms. The lowest BCUT2D eigenvalue weighted by molar-refractivity contribution is -0.00260. The number of hydrogen-bond donors (Lipinski definition) is 1. The third-order valence-corrected chi connectivity index (χ3v) is 6.89. The molecule has 4 atom stereocenters. The lowest BCUT2D eigenvalue weighted by Gasteiger charge is -2.24. The first-order valence-corrected chi connectivity index (χ1v) is 11.5. The molecular weight excluding hydrogens is 386 g/mol. The van der Waals surface area contributed by atoms with E-state index in [1.165, 1.54) is 11.1 Å². The summed E-state index contributed by atoms with van der Waals surface area (Å²) in [7, 11) is 0. The van der Waals surface area contributed by atoms with E-state index < -0.39 is 6.23 Å². The molecule has 3 aliphatic rings. The number of ether oxygens (including phenoxy) is 1. The number of aliphatic hydroxyl groups is 1. The second-order valence-corrected chi connectivity index (χ2v) is 9.04. The van der Waals surface area contributed by atoms with Gasteiger partial charge in [0.15, 0.2) is 0 Å². The Bertz CT molecular complexity index is 928. The van der Waals surface area contributed by atoms with E-state index in [9.17, 15) is 5.11 Å². The third-order valence-electron chi connectivity index (χ3n) is 6.89. The molecule has 2 aromatic carbocycles. The minimum atomic E-state index is -0.419. The number of aliphatic hydroxyl groups excluding tert-OH is 1. The molecule has 2 fully saturated rings. The highest BCUT2D eigenvalue weighted by Crippen LogP contribution is 2.36. The van der Waals surface area contributed by atoms with Crippen molar-refractivity contribution in [1.82, 2.24) is 4.90 Å². The average molecular weight is 418 g/mol. The molecule has 162 valence electrons. The van der Waals surface area contributed by atoms with Crippen molar-refractivity contribution in [3.05, 3.63) is 77.4 Å². The van der Waals surface area contributed by atoms with Gasteiger partial charge in [0.2, 0.25) is 0 Å². The zero-order valence-corrected chi connectivity index (χ0v) is 17.9. The summed E-state index contributed by atoms with van der Waals surface area (Å²) in [5.74, 6) is 0.446. The van der Waals surface area contributed by atoms with Crippen LogP contribution in [0.5, 0.6) is 0 Å². The van der Waals surface area contributed by atoms with Crippen molar-refractivity contribution in [1.29, 1.82) is 0 Å². The third kappa shape index (κ3) is 4.79. The Hall–Kier alpha value is -2.34. The summed E-state index contributed by atoms with van der Waals surface area (Å²) in [6, 6.07) is 21.0. The maximum Gasteiger partial charge on any atom is 0.107 e. The summed E-state index contributed by atoms with van der Waals surface area (Å²) in [5, 5.41) is 20.1. The van der Waals surface area contributed by atoms with Crippen LogP contribution >= 0.6 is 0 Å². The van der Waals surface area contributed by atoms with Gasteiger partial charge in [0, 0.05) is 18.7 Å². The predicted molar refractivity (Wildman–Crippen MR) is 121 cm³/mol. The van der Waals surface area contributed by atoms with Crippen LogP contribution < -0.4 is 0 Å². The van der Waals surface area contributed by atoms with E-state index in [1.54, 1.807) is 0 Å². The molecule has 0 spiro atoms. The monoisotopic (exact) mass is 417 g/mol. The minimum absolute atomic E-state index is 0.162. The van der Waals surface area contributed by atoms with Crippen LogP contribution in [0.15, 0.2) is 76.5 Å². The van der Waals surface area contributed by atoms with Crippen LogP contribution in [0.3, 0.4) is 0 Å². The van der Waals surface area contributed by atoms with Crippen molar-refractivity contribution >= 4 is 5.70 Å². The Kier molecular flexibility index (Phi) is 6.25. The zero-order valence-electron chi connectivity index (χ0n) is 17.9. The molecule has 3 heterocycles. The van der Waals surface area contributed by atoms with E-state index in [1.807, 2.05) is 24.3 Å². The summed E-state index contributed by atoms with van der Waals surface area (Å²) in [6.45, 7) is 2.30. The van der Waals surface area contributed by atoms with Crippen molar-refractivity contribution < 1.29 is 9.84 Å². The van der Waals surface area contributed by atoms with Gasteiger partial charge in [-0.05, 0) is 49.2 Å². The van der Waals surface area contributed by atoms with Gasteiger partial charge in [-0.3, -0.25) is 4.90 Å². The number of aryl methyl sites for hydroxylation is 1. The molecule has 2 saturated heterocycles. The molecule has 0 aromatic heterocycles. The van der Waals surface area contributed by atoms with Gasteiger partial charge in [0.1, 0.15) is 6.23 Å². The smallest absolute Gasteiger partial charge is 0.107 e. The Balaban J connectivity index is 1.25. The van der Waals surface area contributed by atoms with Gasteiger partial charge in [-0.15, -0.1) is 0 Å². The maximum atomic E-state index is 10.8. The molecule has 0 aliphatic carbocycles. The lowest BCUT2D eigenvalue weighted by Crippen LogP contribution is -2.34. The van der Waals surface area contributed by atoms with E-state index in [4.69, 9.17) is 4.74 Å². The number of azo groups is 1. The topological polar surface area (TPSA) is 57.4 Å². The van der Waals surface area contributed by atoms with Crippen LogP contribution in [-0.2, 0) is 11.2 Å². The molecule has 3 unspecified atom stereocenters. The predicted octanol–water partition coefficient (Wildman–Crippen LogP) is 4.68.